The Morgan fingerprint density at radius 3 is 2.51 bits per heavy atom. The van der Waals surface area contributed by atoms with Crippen molar-refractivity contribution in [3.8, 4) is 17.1 Å². The first kappa shape index (κ1) is 23.2. The first-order valence-corrected chi connectivity index (χ1v) is 12.8. The summed E-state index contributed by atoms with van der Waals surface area (Å²) in [5.74, 6) is 1.96. The zero-order chi connectivity index (χ0) is 24.0. The Labute approximate surface area is 210 Å². The lowest BCUT2D eigenvalue weighted by atomic mass is 10.00. The van der Waals surface area contributed by atoms with Crippen LogP contribution < -0.4 is 4.74 Å². The minimum Gasteiger partial charge on any atom is -0.496 e. The number of methoxy groups -OCH3 is 1. The van der Waals surface area contributed by atoms with Gasteiger partial charge in [0.05, 0.1) is 18.4 Å². The number of nitrogens with zero attached hydrogens (tertiary/aromatic N) is 4. The van der Waals surface area contributed by atoms with E-state index in [0.717, 1.165) is 41.7 Å². The summed E-state index contributed by atoms with van der Waals surface area (Å²) in [6.07, 6.45) is 1.74. The summed E-state index contributed by atoms with van der Waals surface area (Å²) >= 11 is 1.45. The van der Waals surface area contributed by atoms with Crippen molar-refractivity contribution in [2.45, 2.75) is 31.1 Å². The Hall–Kier alpha value is -3.58. The van der Waals surface area contributed by atoms with Crippen LogP contribution in [0.1, 0.15) is 16.7 Å². The molecule has 0 spiro atoms. The van der Waals surface area contributed by atoms with Gasteiger partial charge in [-0.25, -0.2) is 0 Å². The fourth-order valence-electron chi connectivity index (χ4n) is 4.44. The summed E-state index contributed by atoms with van der Waals surface area (Å²) < 4.78 is 7.69. The van der Waals surface area contributed by atoms with Gasteiger partial charge in [0.2, 0.25) is 5.91 Å². The van der Waals surface area contributed by atoms with Crippen LogP contribution >= 0.6 is 11.8 Å². The average molecular weight is 485 g/mol. The van der Waals surface area contributed by atoms with E-state index >= 15 is 0 Å². The second-order valence-corrected chi connectivity index (χ2v) is 9.46. The number of carbonyl (C=O) groups excluding carboxylic acids is 1. The maximum absolute atomic E-state index is 13.1. The molecule has 4 aromatic rings. The number of ether oxygens (including phenoxy) is 1. The van der Waals surface area contributed by atoms with E-state index < -0.39 is 0 Å². The number of benzene rings is 3. The number of para-hydroxylation sites is 1. The van der Waals surface area contributed by atoms with Gasteiger partial charge >= 0.3 is 0 Å². The van der Waals surface area contributed by atoms with Gasteiger partial charge in [-0.3, -0.25) is 4.79 Å². The Bertz CT molecular complexity index is 1310. The van der Waals surface area contributed by atoms with Crippen molar-refractivity contribution < 1.29 is 9.53 Å². The molecule has 0 atom stereocenters. The minimum atomic E-state index is 0.126. The number of carbonyl (C=O) groups is 1. The fourth-order valence-corrected chi connectivity index (χ4v) is 5.30. The van der Waals surface area contributed by atoms with Gasteiger partial charge in [0.15, 0.2) is 11.0 Å². The largest absolute Gasteiger partial charge is 0.496 e. The van der Waals surface area contributed by atoms with Gasteiger partial charge in [-0.1, -0.05) is 78.5 Å². The van der Waals surface area contributed by atoms with Crippen LogP contribution in [0.3, 0.4) is 0 Å². The summed E-state index contributed by atoms with van der Waals surface area (Å²) in [5.41, 5.74) is 4.71. The van der Waals surface area contributed by atoms with Gasteiger partial charge in [-0.2, -0.15) is 0 Å². The standard InChI is InChI=1S/C28H28N4O2S/c1-34-25-14-8-7-13-24(25)27-29-30-28(32(27)18-15-21-9-3-2-4-10-21)35-20-26(33)31-17-16-22-11-5-6-12-23(22)19-31/h2-14H,15-20H2,1H3. The molecule has 0 unspecified atom stereocenters. The van der Waals surface area contributed by atoms with E-state index in [4.69, 9.17) is 4.74 Å². The van der Waals surface area contributed by atoms with Gasteiger partial charge in [-0.15, -0.1) is 10.2 Å². The predicted octanol–water partition coefficient (Wildman–Crippen LogP) is 4.87. The van der Waals surface area contributed by atoms with Gasteiger partial charge in [0, 0.05) is 19.6 Å². The Kier molecular flexibility index (Phi) is 7.14. The molecule has 3 aromatic carbocycles. The zero-order valence-corrected chi connectivity index (χ0v) is 20.6. The molecule has 1 aromatic heterocycles. The van der Waals surface area contributed by atoms with Crippen molar-refractivity contribution in [2.24, 2.45) is 0 Å². The van der Waals surface area contributed by atoms with Crippen LogP contribution in [0.25, 0.3) is 11.4 Å². The molecule has 0 N–H and O–H groups in total. The third-order valence-corrected chi connectivity index (χ3v) is 7.29. The topological polar surface area (TPSA) is 60.3 Å². The quantitative estimate of drug-likeness (QED) is 0.334. The van der Waals surface area contributed by atoms with Crippen molar-refractivity contribution in [2.75, 3.05) is 19.4 Å². The highest BCUT2D eigenvalue weighted by molar-refractivity contribution is 7.99. The minimum absolute atomic E-state index is 0.126. The van der Waals surface area contributed by atoms with Crippen molar-refractivity contribution in [3.05, 3.63) is 95.6 Å². The average Bonchev–Trinajstić information content (AvgIpc) is 3.33. The van der Waals surface area contributed by atoms with Crippen LogP contribution in [0.2, 0.25) is 0 Å². The first-order chi connectivity index (χ1) is 17.2. The summed E-state index contributed by atoms with van der Waals surface area (Å²) in [4.78, 5) is 15.0. The molecule has 0 aliphatic carbocycles. The second kappa shape index (κ2) is 10.8. The maximum atomic E-state index is 13.1. The SMILES string of the molecule is COc1ccccc1-c1nnc(SCC(=O)N2CCc3ccccc3C2)n1CCc1ccccc1. The van der Waals surface area contributed by atoms with Gasteiger partial charge < -0.3 is 14.2 Å². The van der Waals surface area contributed by atoms with Gasteiger partial charge in [-0.05, 0) is 41.7 Å². The molecule has 35 heavy (non-hydrogen) atoms. The van der Waals surface area contributed by atoms with Gasteiger partial charge in [0.25, 0.3) is 0 Å². The molecule has 0 fully saturated rings. The highest BCUT2D eigenvalue weighted by atomic mass is 32.2. The van der Waals surface area contributed by atoms with Crippen molar-refractivity contribution in [1.82, 2.24) is 19.7 Å². The van der Waals surface area contributed by atoms with E-state index in [2.05, 4.69) is 45.1 Å². The van der Waals surface area contributed by atoms with E-state index in [0.29, 0.717) is 18.8 Å². The Morgan fingerprint density at radius 1 is 0.943 bits per heavy atom. The molecule has 7 heteroatoms. The van der Waals surface area contributed by atoms with Crippen molar-refractivity contribution >= 4 is 17.7 Å². The second-order valence-electron chi connectivity index (χ2n) is 8.52. The molecule has 0 saturated heterocycles. The molecule has 1 aliphatic heterocycles. The first-order valence-electron chi connectivity index (χ1n) is 11.8. The fraction of sp³-hybridized carbons (Fsp3) is 0.250. The number of aryl methyl sites for hydroxylation is 1. The van der Waals surface area contributed by atoms with Gasteiger partial charge in [0.1, 0.15) is 5.75 Å². The number of rotatable bonds is 8. The maximum Gasteiger partial charge on any atom is 0.233 e. The van der Waals surface area contributed by atoms with Crippen LogP contribution in [0.15, 0.2) is 84.0 Å². The summed E-state index contributed by atoms with van der Waals surface area (Å²) in [6.45, 7) is 2.13. The van der Waals surface area contributed by atoms with Crippen LogP contribution in [-0.2, 0) is 30.7 Å². The molecular weight excluding hydrogens is 456 g/mol. The number of thioether (sulfide) groups is 1. The molecule has 0 saturated carbocycles. The zero-order valence-electron chi connectivity index (χ0n) is 19.8. The lowest BCUT2D eigenvalue weighted by Crippen LogP contribution is -2.37. The van der Waals surface area contributed by atoms with Crippen molar-refractivity contribution in [1.29, 1.82) is 0 Å². The summed E-state index contributed by atoms with van der Waals surface area (Å²) in [5, 5.41) is 9.74. The molecule has 0 radical (unpaired) electrons. The summed E-state index contributed by atoms with van der Waals surface area (Å²) in [7, 11) is 1.66. The van der Waals surface area contributed by atoms with Crippen LogP contribution in [-0.4, -0.2) is 45.0 Å². The highest BCUT2D eigenvalue weighted by Crippen LogP contribution is 2.31. The van der Waals surface area contributed by atoms with Crippen LogP contribution in [0.5, 0.6) is 5.75 Å². The lowest BCUT2D eigenvalue weighted by Gasteiger charge is -2.28. The molecule has 0 bridgehead atoms. The molecule has 1 aliphatic rings. The third kappa shape index (κ3) is 5.25. The number of amides is 1. The lowest BCUT2D eigenvalue weighted by molar-refractivity contribution is -0.129. The Balaban J connectivity index is 1.35. The number of fused-ring (bicyclic) bond motifs is 1. The van der Waals surface area contributed by atoms with Crippen LogP contribution in [0.4, 0.5) is 0 Å². The van der Waals surface area contributed by atoms with E-state index in [1.807, 2.05) is 53.4 Å². The number of hydrogen-bond acceptors (Lipinski definition) is 5. The molecule has 178 valence electrons. The number of hydrogen-bond donors (Lipinski definition) is 0. The predicted molar refractivity (Wildman–Crippen MR) is 138 cm³/mol. The Morgan fingerprint density at radius 2 is 1.69 bits per heavy atom. The van der Waals surface area contributed by atoms with Crippen molar-refractivity contribution in [3.63, 3.8) is 0 Å². The highest BCUT2D eigenvalue weighted by Gasteiger charge is 2.23. The molecule has 6 nitrogen and oxygen atoms in total. The molecule has 5 rings (SSSR count). The third-order valence-electron chi connectivity index (χ3n) is 6.34. The monoisotopic (exact) mass is 484 g/mol. The van der Waals surface area contributed by atoms with E-state index in [1.165, 1.54) is 28.5 Å². The molecule has 2 heterocycles. The summed E-state index contributed by atoms with van der Waals surface area (Å²) in [6, 6.07) is 26.6. The molecule has 1 amide bonds. The van der Waals surface area contributed by atoms with E-state index in [9.17, 15) is 4.79 Å². The normalized spacial score (nSPS) is 12.9. The molecular formula is C28H28N4O2S. The van der Waals surface area contributed by atoms with E-state index in [-0.39, 0.29) is 5.91 Å². The van der Waals surface area contributed by atoms with E-state index in [1.54, 1.807) is 7.11 Å². The number of aromatic nitrogens is 3. The van der Waals surface area contributed by atoms with Crippen LogP contribution in [0, 0.1) is 0 Å². The smallest absolute Gasteiger partial charge is 0.233 e.